The van der Waals surface area contributed by atoms with Crippen LogP contribution in [0.4, 0.5) is 17.2 Å². The molecule has 2 saturated heterocycles. The number of benzene rings is 2. The first-order valence-corrected chi connectivity index (χ1v) is 14.3. The van der Waals surface area contributed by atoms with Gasteiger partial charge < -0.3 is 19.7 Å². The fourth-order valence-corrected chi connectivity index (χ4v) is 5.30. The lowest BCUT2D eigenvalue weighted by Gasteiger charge is -2.43. The molecular formula is C31H30N10O2. The number of rotatable bonds is 9. The number of anilines is 3. The number of hydrogen-bond donors (Lipinski definition) is 1. The standard InChI is InChI=1S/C31H30N10O2/c32-16-24-15-23(1-6-28(24)43-14-8-22-17-34-31-35-21-36-41(31)18-22)30-33-9-7-29(38-30)37-25-2-4-26(5-3-25)39-10-12-40(13-11-39)27-19-42-20-27/h1-7,9,15,17-18,21,27H,8,10-14,19-20H2,(H,33,37,38). The van der Waals surface area contributed by atoms with Gasteiger partial charge in [0, 0.05) is 68.1 Å². The molecule has 12 heteroatoms. The molecule has 1 N–H and O–H groups in total. The summed E-state index contributed by atoms with van der Waals surface area (Å²) in [6, 6.07) is 18.5. The van der Waals surface area contributed by atoms with Crippen LogP contribution < -0.4 is 15.0 Å². The van der Waals surface area contributed by atoms with Gasteiger partial charge in [0.1, 0.15) is 24.0 Å². The van der Waals surface area contributed by atoms with E-state index in [0.717, 1.165) is 56.2 Å². The number of nitrogens with one attached hydrogen (secondary N) is 1. The molecule has 5 heterocycles. The minimum absolute atomic E-state index is 0.386. The molecule has 7 rings (SSSR count). The molecule has 0 aliphatic carbocycles. The van der Waals surface area contributed by atoms with E-state index < -0.39 is 0 Å². The molecule has 2 fully saturated rings. The lowest BCUT2D eigenvalue weighted by Crippen LogP contribution is -2.56. The van der Waals surface area contributed by atoms with Crippen molar-refractivity contribution in [3.8, 4) is 23.2 Å². The molecule has 2 aliphatic heterocycles. The summed E-state index contributed by atoms with van der Waals surface area (Å²) in [6.45, 7) is 6.29. The topological polar surface area (TPSA) is 130 Å². The Kier molecular flexibility index (Phi) is 7.47. The summed E-state index contributed by atoms with van der Waals surface area (Å²) in [5.41, 5.74) is 4.27. The third-order valence-electron chi connectivity index (χ3n) is 7.81. The number of nitrogens with zero attached hydrogens (tertiary/aromatic N) is 9. The van der Waals surface area contributed by atoms with E-state index >= 15 is 0 Å². The minimum atomic E-state index is 0.386. The molecule has 12 nitrogen and oxygen atoms in total. The Bertz CT molecular complexity index is 1760. The van der Waals surface area contributed by atoms with Gasteiger partial charge in [-0.3, -0.25) is 4.90 Å². The first-order valence-electron chi connectivity index (χ1n) is 14.3. The van der Waals surface area contributed by atoms with E-state index in [1.54, 1.807) is 29.0 Å². The maximum Gasteiger partial charge on any atom is 0.252 e. The molecule has 2 aromatic carbocycles. The van der Waals surface area contributed by atoms with Gasteiger partial charge in [-0.05, 0) is 54.1 Å². The van der Waals surface area contributed by atoms with Crippen molar-refractivity contribution in [3.05, 3.63) is 84.6 Å². The zero-order valence-corrected chi connectivity index (χ0v) is 23.5. The lowest BCUT2D eigenvalue weighted by atomic mass is 10.1. The van der Waals surface area contributed by atoms with Gasteiger partial charge in [0.05, 0.1) is 31.4 Å². The zero-order valence-electron chi connectivity index (χ0n) is 23.5. The highest BCUT2D eigenvalue weighted by atomic mass is 16.5. The second-order valence-electron chi connectivity index (χ2n) is 10.5. The number of nitriles is 1. The molecule has 5 aromatic rings. The Morgan fingerprint density at radius 2 is 1.86 bits per heavy atom. The van der Waals surface area contributed by atoms with Crippen LogP contribution in [0.25, 0.3) is 17.2 Å². The summed E-state index contributed by atoms with van der Waals surface area (Å²) in [5.74, 6) is 2.25. The molecule has 2 aliphatic rings. The first-order chi connectivity index (χ1) is 21.2. The molecule has 0 bridgehead atoms. The van der Waals surface area contributed by atoms with Crippen molar-refractivity contribution in [2.75, 3.05) is 56.2 Å². The first kappa shape index (κ1) is 26.8. The fourth-order valence-electron chi connectivity index (χ4n) is 5.30. The maximum atomic E-state index is 9.80. The molecule has 0 amide bonds. The van der Waals surface area contributed by atoms with Crippen LogP contribution in [0.15, 0.2) is 73.4 Å². The molecular weight excluding hydrogens is 544 g/mol. The smallest absolute Gasteiger partial charge is 0.252 e. The predicted molar refractivity (Wildman–Crippen MR) is 160 cm³/mol. The number of hydrogen-bond acceptors (Lipinski definition) is 11. The molecule has 216 valence electrons. The number of piperazine rings is 1. The van der Waals surface area contributed by atoms with Crippen molar-refractivity contribution < 1.29 is 9.47 Å². The summed E-state index contributed by atoms with van der Waals surface area (Å²) < 4.78 is 12.9. The van der Waals surface area contributed by atoms with Crippen LogP contribution in [0.3, 0.4) is 0 Å². The van der Waals surface area contributed by atoms with Crippen molar-refractivity contribution in [2.24, 2.45) is 0 Å². The van der Waals surface area contributed by atoms with Gasteiger partial charge in [0.15, 0.2) is 5.82 Å². The Balaban J connectivity index is 0.968. The second-order valence-corrected chi connectivity index (χ2v) is 10.5. The Labute approximate surface area is 248 Å². The molecule has 0 radical (unpaired) electrons. The SMILES string of the molecule is N#Cc1cc(-c2nccc(Nc3ccc(N4CCN(C5COC5)CC4)cc3)n2)ccc1OCCc1cnc2ncnn2c1. The summed E-state index contributed by atoms with van der Waals surface area (Å²) in [7, 11) is 0. The van der Waals surface area contributed by atoms with Gasteiger partial charge in [0.25, 0.3) is 5.78 Å². The van der Waals surface area contributed by atoms with E-state index in [0.29, 0.717) is 47.8 Å². The van der Waals surface area contributed by atoms with E-state index in [1.165, 1.54) is 12.0 Å². The van der Waals surface area contributed by atoms with Gasteiger partial charge >= 0.3 is 0 Å². The average Bonchev–Trinajstić information content (AvgIpc) is 3.49. The van der Waals surface area contributed by atoms with Gasteiger partial charge in [-0.25, -0.2) is 19.5 Å². The van der Waals surface area contributed by atoms with Crippen LogP contribution in [0.5, 0.6) is 5.75 Å². The van der Waals surface area contributed by atoms with Crippen LogP contribution in [0.1, 0.15) is 11.1 Å². The van der Waals surface area contributed by atoms with E-state index in [4.69, 9.17) is 14.5 Å². The quantitative estimate of drug-likeness (QED) is 0.278. The maximum absolute atomic E-state index is 9.80. The summed E-state index contributed by atoms with van der Waals surface area (Å²) >= 11 is 0. The molecule has 3 aromatic heterocycles. The molecule has 0 saturated carbocycles. The van der Waals surface area contributed by atoms with Crippen LogP contribution in [0, 0.1) is 11.3 Å². The number of ether oxygens (including phenoxy) is 2. The Morgan fingerprint density at radius 1 is 1.00 bits per heavy atom. The van der Waals surface area contributed by atoms with Crippen molar-refractivity contribution >= 4 is 23.0 Å². The van der Waals surface area contributed by atoms with E-state index in [1.807, 2.05) is 18.3 Å². The number of fused-ring (bicyclic) bond motifs is 1. The zero-order chi connectivity index (χ0) is 29.0. The third-order valence-corrected chi connectivity index (χ3v) is 7.81. The molecule has 0 unspecified atom stereocenters. The highest BCUT2D eigenvalue weighted by molar-refractivity contribution is 5.65. The highest BCUT2D eigenvalue weighted by Gasteiger charge is 2.28. The van der Waals surface area contributed by atoms with E-state index in [9.17, 15) is 5.26 Å². The van der Waals surface area contributed by atoms with Gasteiger partial charge in [-0.1, -0.05) is 0 Å². The largest absolute Gasteiger partial charge is 0.492 e. The summed E-state index contributed by atoms with van der Waals surface area (Å²) in [4.78, 5) is 22.4. The Morgan fingerprint density at radius 3 is 2.65 bits per heavy atom. The van der Waals surface area contributed by atoms with Crippen LogP contribution >= 0.6 is 0 Å². The van der Waals surface area contributed by atoms with Crippen molar-refractivity contribution in [1.29, 1.82) is 5.26 Å². The Hall–Kier alpha value is -5.12. The third kappa shape index (κ3) is 5.94. The average molecular weight is 575 g/mol. The van der Waals surface area contributed by atoms with Crippen LogP contribution in [0.2, 0.25) is 0 Å². The predicted octanol–water partition coefficient (Wildman–Crippen LogP) is 3.34. The molecule has 0 spiro atoms. The highest BCUT2D eigenvalue weighted by Crippen LogP contribution is 2.27. The minimum Gasteiger partial charge on any atom is -0.492 e. The summed E-state index contributed by atoms with van der Waals surface area (Å²) in [5, 5.41) is 17.3. The fraction of sp³-hybridized carbons (Fsp3) is 0.290. The van der Waals surface area contributed by atoms with Gasteiger partial charge in [-0.15, -0.1) is 0 Å². The normalized spacial score (nSPS) is 15.7. The molecule has 43 heavy (non-hydrogen) atoms. The molecule has 0 atom stereocenters. The van der Waals surface area contributed by atoms with E-state index in [-0.39, 0.29) is 0 Å². The summed E-state index contributed by atoms with van der Waals surface area (Å²) in [6.07, 6.45) is 7.41. The van der Waals surface area contributed by atoms with Gasteiger partial charge in [0.2, 0.25) is 0 Å². The van der Waals surface area contributed by atoms with Crippen molar-refractivity contribution in [1.82, 2.24) is 34.4 Å². The second kappa shape index (κ2) is 12.0. The van der Waals surface area contributed by atoms with E-state index in [2.05, 4.69) is 65.5 Å². The lowest BCUT2D eigenvalue weighted by molar-refractivity contribution is -0.0660. The van der Waals surface area contributed by atoms with Crippen molar-refractivity contribution in [2.45, 2.75) is 12.5 Å². The number of aromatic nitrogens is 6. The monoisotopic (exact) mass is 574 g/mol. The van der Waals surface area contributed by atoms with Gasteiger partial charge in [-0.2, -0.15) is 15.3 Å². The van der Waals surface area contributed by atoms with Crippen LogP contribution in [-0.2, 0) is 11.2 Å². The van der Waals surface area contributed by atoms with Crippen LogP contribution in [-0.4, -0.2) is 86.5 Å². The van der Waals surface area contributed by atoms with Crippen molar-refractivity contribution in [3.63, 3.8) is 0 Å².